The fourth-order valence-electron chi connectivity index (χ4n) is 10.00. The highest BCUT2D eigenvalue weighted by molar-refractivity contribution is 6.01. The maximum Gasteiger partial charge on any atom is 0.306 e. The molecular weight excluding hydrogens is 616 g/mol. The van der Waals surface area contributed by atoms with Crippen LogP contribution in [0.2, 0.25) is 0 Å². The van der Waals surface area contributed by atoms with Crippen molar-refractivity contribution in [2.24, 2.45) is 34.5 Å². The van der Waals surface area contributed by atoms with Crippen molar-refractivity contribution in [2.75, 3.05) is 13.7 Å². The van der Waals surface area contributed by atoms with Crippen molar-refractivity contribution in [3.8, 4) is 0 Å². The van der Waals surface area contributed by atoms with Gasteiger partial charge >= 0.3 is 5.97 Å². The quantitative estimate of drug-likeness (QED) is 0.0558. The van der Waals surface area contributed by atoms with Crippen LogP contribution in [0, 0.1) is 34.5 Å². The SMILES string of the molecule is CCCCCC/C=C\CCCCCCCC(=O)OCC(=O)C1C(OC(CCC)OC)CC2C3CCC4=CC(=O)C=CC4(C)C3C(O)CC21C. The molecule has 9 atom stereocenters. The molecule has 4 rings (SSSR count). The van der Waals surface area contributed by atoms with E-state index in [-0.39, 0.29) is 53.4 Å². The lowest BCUT2D eigenvalue weighted by atomic mass is 9.46. The first kappa shape index (κ1) is 39.7. The summed E-state index contributed by atoms with van der Waals surface area (Å²) in [6.45, 7) is 8.36. The zero-order valence-electron chi connectivity index (χ0n) is 31.3. The molecule has 0 aromatic heterocycles. The molecule has 276 valence electrons. The van der Waals surface area contributed by atoms with Gasteiger partial charge in [0.2, 0.25) is 0 Å². The first-order valence-electron chi connectivity index (χ1n) is 19.7. The summed E-state index contributed by atoms with van der Waals surface area (Å²) in [4.78, 5) is 39.1. The molecule has 7 heteroatoms. The van der Waals surface area contributed by atoms with Crippen LogP contribution in [0.4, 0.5) is 0 Å². The van der Waals surface area contributed by atoms with Gasteiger partial charge in [0, 0.05) is 24.9 Å². The Balaban J connectivity index is 1.31. The van der Waals surface area contributed by atoms with Crippen LogP contribution in [-0.2, 0) is 28.6 Å². The van der Waals surface area contributed by atoms with Crippen LogP contribution in [0.1, 0.15) is 143 Å². The molecule has 0 heterocycles. The summed E-state index contributed by atoms with van der Waals surface area (Å²) in [6, 6.07) is 0. The van der Waals surface area contributed by atoms with E-state index in [0.29, 0.717) is 19.3 Å². The minimum Gasteiger partial charge on any atom is -0.458 e. The largest absolute Gasteiger partial charge is 0.458 e. The van der Waals surface area contributed by atoms with Crippen LogP contribution >= 0.6 is 0 Å². The van der Waals surface area contributed by atoms with Gasteiger partial charge in [0.25, 0.3) is 0 Å². The van der Waals surface area contributed by atoms with Gasteiger partial charge in [0.05, 0.1) is 18.1 Å². The highest BCUT2D eigenvalue weighted by Gasteiger charge is 2.65. The van der Waals surface area contributed by atoms with Gasteiger partial charge in [-0.05, 0) is 93.6 Å². The van der Waals surface area contributed by atoms with Gasteiger partial charge in [-0.3, -0.25) is 14.4 Å². The molecule has 3 fully saturated rings. The number of carbonyl (C=O) groups is 3. The van der Waals surface area contributed by atoms with Crippen LogP contribution in [0.15, 0.2) is 36.0 Å². The second-order valence-electron chi connectivity index (χ2n) is 15.9. The molecule has 4 aliphatic carbocycles. The summed E-state index contributed by atoms with van der Waals surface area (Å²) in [7, 11) is 1.64. The van der Waals surface area contributed by atoms with E-state index >= 15 is 0 Å². The second kappa shape index (κ2) is 18.9. The molecule has 0 aliphatic heterocycles. The Hall–Kier alpha value is -2.09. The standard InChI is InChI=1S/C42H66O7/c1-6-8-9-10-11-12-13-14-15-16-17-18-19-21-37(46)48-29-35(45)40-36(49-38(47-5)20-7-2)27-33-32-23-22-30-26-31(43)24-25-41(30,3)39(32)34(44)28-42(33,40)4/h12-13,24-26,32-34,36,38-40,44H,6-11,14-23,27-29H2,1-5H3/b13-12-. The van der Waals surface area contributed by atoms with Crippen molar-refractivity contribution < 1.29 is 33.7 Å². The number of esters is 1. The predicted octanol–water partition coefficient (Wildman–Crippen LogP) is 9.02. The minimum atomic E-state index is -0.630. The van der Waals surface area contributed by atoms with Crippen LogP contribution in [0.25, 0.3) is 0 Å². The van der Waals surface area contributed by atoms with E-state index in [1.54, 1.807) is 19.3 Å². The summed E-state index contributed by atoms with van der Waals surface area (Å²) >= 11 is 0. The number of ketones is 2. The van der Waals surface area contributed by atoms with Gasteiger partial charge in [-0.2, -0.15) is 0 Å². The molecule has 0 radical (unpaired) electrons. The van der Waals surface area contributed by atoms with Gasteiger partial charge in [0.1, 0.15) is 6.61 Å². The molecule has 0 aromatic carbocycles. The van der Waals surface area contributed by atoms with Crippen molar-refractivity contribution >= 4 is 17.5 Å². The van der Waals surface area contributed by atoms with Crippen LogP contribution in [-0.4, -0.2) is 54.9 Å². The summed E-state index contributed by atoms with van der Waals surface area (Å²) in [5.74, 6) is -0.631. The van der Waals surface area contributed by atoms with E-state index < -0.39 is 23.7 Å². The number of allylic oxidation sites excluding steroid dienone is 6. The molecule has 3 saturated carbocycles. The summed E-state index contributed by atoms with van der Waals surface area (Å²) < 4.78 is 17.9. The molecule has 1 N–H and O–H groups in total. The summed E-state index contributed by atoms with van der Waals surface area (Å²) in [5.41, 5.74) is 0.222. The smallest absolute Gasteiger partial charge is 0.306 e. The van der Waals surface area contributed by atoms with Gasteiger partial charge in [0.15, 0.2) is 17.9 Å². The topological polar surface area (TPSA) is 99.1 Å². The molecule has 9 unspecified atom stereocenters. The Bertz CT molecular complexity index is 1190. The molecule has 0 amide bonds. The van der Waals surface area contributed by atoms with E-state index in [1.165, 1.54) is 38.5 Å². The average molecular weight is 683 g/mol. The Morgan fingerprint density at radius 2 is 1.69 bits per heavy atom. The van der Waals surface area contributed by atoms with Gasteiger partial charge in [-0.1, -0.05) is 96.4 Å². The highest BCUT2D eigenvalue weighted by atomic mass is 16.7. The number of rotatable bonds is 21. The van der Waals surface area contributed by atoms with E-state index in [9.17, 15) is 19.5 Å². The third-order valence-electron chi connectivity index (χ3n) is 12.5. The third-order valence-corrected chi connectivity index (χ3v) is 12.5. The molecule has 0 saturated heterocycles. The number of unbranched alkanes of at least 4 members (excludes halogenated alkanes) is 9. The molecular formula is C42H66O7. The highest BCUT2D eigenvalue weighted by Crippen LogP contribution is 2.66. The fraction of sp³-hybridized carbons (Fsp3) is 0.786. The number of methoxy groups -OCH3 is 1. The zero-order chi connectivity index (χ0) is 35.4. The number of carbonyl (C=O) groups excluding carboxylic acids is 3. The van der Waals surface area contributed by atoms with E-state index in [0.717, 1.165) is 63.4 Å². The lowest BCUT2D eigenvalue weighted by molar-refractivity contribution is -0.179. The predicted molar refractivity (Wildman–Crippen MR) is 194 cm³/mol. The van der Waals surface area contributed by atoms with Crippen LogP contribution in [0.5, 0.6) is 0 Å². The number of hydrogen-bond donors (Lipinski definition) is 1. The normalized spacial score (nSPS) is 32.8. The van der Waals surface area contributed by atoms with Crippen LogP contribution in [0.3, 0.4) is 0 Å². The second-order valence-corrected chi connectivity index (χ2v) is 15.9. The molecule has 0 bridgehead atoms. The maximum atomic E-state index is 14.1. The van der Waals surface area contributed by atoms with Crippen LogP contribution < -0.4 is 0 Å². The summed E-state index contributed by atoms with van der Waals surface area (Å²) in [6.07, 6.45) is 26.1. The third kappa shape index (κ3) is 9.83. The lowest BCUT2D eigenvalue weighted by Crippen LogP contribution is -2.56. The van der Waals surface area contributed by atoms with Crippen molar-refractivity contribution in [2.45, 2.75) is 162 Å². The molecule has 7 nitrogen and oxygen atoms in total. The first-order chi connectivity index (χ1) is 23.6. The monoisotopic (exact) mass is 682 g/mol. The molecule has 49 heavy (non-hydrogen) atoms. The van der Waals surface area contributed by atoms with Crippen molar-refractivity contribution in [1.29, 1.82) is 0 Å². The first-order valence-corrected chi connectivity index (χ1v) is 19.7. The van der Waals surface area contributed by atoms with Crippen molar-refractivity contribution in [1.82, 2.24) is 0 Å². The van der Waals surface area contributed by atoms with Gasteiger partial charge in [-0.25, -0.2) is 0 Å². The average Bonchev–Trinajstić information content (AvgIpc) is 3.36. The Kier molecular flexibility index (Phi) is 15.3. The number of ether oxygens (including phenoxy) is 3. The van der Waals surface area contributed by atoms with E-state index in [2.05, 4.69) is 39.8 Å². The van der Waals surface area contributed by atoms with Crippen molar-refractivity contribution in [3.05, 3.63) is 36.0 Å². The summed E-state index contributed by atoms with van der Waals surface area (Å²) in [5, 5.41) is 11.8. The number of fused-ring (bicyclic) bond motifs is 5. The van der Waals surface area contributed by atoms with Crippen molar-refractivity contribution in [3.63, 3.8) is 0 Å². The fourth-order valence-corrected chi connectivity index (χ4v) is 10.00. The number of aliphatic hydroxyl groups excluding tert-OH is 1. The number of Topliss-reactive ketones (excluding diaryl/α,β-unsaturated/α-hetero) is 1. The number of aliphatic hydroxyl groups is 1. The molecule has 0 aromatic rings. The Morgan fingerprint density at radius 3 is 2.39 bits per heavy atom. The lowest BCUT2D eigenvalue weighted by Gasteiger charge is -2.58. The maximum absolute atomic E-state index is 14.1. The molecule has 4 aliphatic rings. The minimum absolute atomic E-state index is 0.0175. The Morgan fingerprint density at radius 1 is 1.00 bits per heavy atom. The van der Waals surface area contributed by atoms with E-state index in [4.69, 9.17) is 14.2 Å². The van der Waals surface area contributed by atoms with Gasteiger partial charge in [-0.15, -0.1) is 0 Å². The Labute approximate surface area is 296 Å². The zero-order valence-corrected chi connectivity index (χ0v) is 31.3. The van der Waals surface area contributed by atoms with E-state index in [1.807, 2.05) is 6.08 Å². The molecule has 0 spiro atoms. The van der Waals surface area contributed by atoms with Gasteiger partial charge < -0.3 is 19.3 Å². The number of hydrogen-bond acceptors (Lipinski definition) is 7.